The number of aliphatic carboxylic acids is 1. The number of rotatable bonds is 2. The number of hydrogen-bond acceptors (Lipinski definition) is 2. The molecule has 0 radical (unpaired) electrons. The first-order valence-corrected chi connectivity index (χ1v) is 7.72. The van der Waals surface area contributed by atoms with Crippen molar-refractivity contribution in [3.05, 3.63) is 0 Å². The Bertz CT molecular complexity index is 381. The molecule has 0 bridgehead atoms. The van der Waals surface area contributed by atoms with Gasteiger partial charge in [0.1, 0.15) is 6.04 Å². The van der Waals surface area contributed by atoms with Crippen molar-refractivity contribution in [1.29, 1.82) is 0 Å². The van der Waals surface area contributed by atoms with Gasteiger partial charge in [-0.3, -0.25) is 0 Å². The molecule has 2 amide bonds. The van der Waals surface area contributed by atoms with E-state index in [1.54, 1.807) is 0 Å². The first-order valence-electron chi connectivity index (χ1n) is 7.72. The fourth-order valence-corrected chi connectivity index (χ4v) is 3.42. The van der Waals surface area contributed by atoms with E-state index in [0.717, 1.165) is 32.1 Å². The van der Waals surface area contributed by atoms with Gasteiger partial charge >= 0.3 is 12.0 Å². The molecule has 5 heteroatoms. The molecule has 1 heterocycles. The predicted octanol–water partition coefficient (Wildman–Crippen LogP) is 2.60. The van der Waals surface area contributed by atoms with Gasteiger partial charge in [0.2, 0.25) is 0 Å². The molecule has 0 spiro atoms. The summed E-state index contributed by atoms with van der Waals surface area (Å²) in [4.78, 5) is 25.2. The highest BCUT2D eigenvalue weighted by Crippen LogP contribution is 2.35. The van der Waals surface area contributed by atoms with Gasteiger partial charge in [0.15, 0.2) is 0 Å². The maximum atomic E-state index is 12.4. The molecule has 2 fully saturated rings. The Morgan fingerprint density at radius 2 is 1.85 bits per heavy atom. The Hall–Kier alpha value is -1.26. The summed E-state index contributed by atoms with van der Waals surface area (Å²) in [6.45, 7) is 4.92. The molecule has 1 aliphatic heterocycles. The third-order valence-corrected chi connectivity index (χ3v) is 4.85. The number of carboxylic acid groups (broad SMARTS) is 1. The van der Waals surface area contributed by atoms with Gasteiger partial charge in [-0.25, -0.2) is 9.59 Å². The van der Waals surface area contributed by atoms with Crippen LogP contribution in [0.15, 0.2) is 0 Å². The quantitative estimate of drug-likeness (QED) is 0.818. The number of piperidine rings is 1. The highest BCUT2D eigenvalue weighted by Gasteiger charge is 2.37. The van der Waals surface area contributed by atoms with Crippen molar-refractivity contribution in [2.24, 2.45) is 5.41 Å². The zero-order valence-electron chi connectivity index (χ0n) is 12.5. The van der Waals surface area contributed by atoms with Gasteiger partial charge in [0, 0.05) is 12.6 Å². The fraction of sp³-hybridized carbons (Fsp3) is 0.867. The van der Waals surface area contributed by atoms with Gasteiger partial charge in [-0.1, -0.05) is 26.7 Å². The molecule has 1 saturated heterocycles. The number of carbonyl (C=O) groups is 2. The largest absolute Gasteiger partial charge is 0.480 e. The molecule has 0 aromatic heterocycles. The molecule has 1 saturated carbocycles. The van der Waals surface area contributed by atoms with Gasteiger partial charge in [0.25, 0.3) is 0 Å². The molecule has 2 N–H and O–H groups in total. The van der Waals surface area contributed by atoms with Crippen molar-refractivity contribution in [2.75, 3.05) is 6.54 Å². The lowest BCUT2D eigenvalue weighted by atomic mass is 9.73. The second-order valence-electron chi connectivity index (χ2n) is 6.78. The standard InChI is InChI=1S/C15H26N2O3/c1-15(2)9-5-3-8-12(15)16-14(20)17-10-6-4-7-11(17)13(18)19/h11-12H,3-10H2,1-2H3,(H,16,20)(H,18,19). The van der Waals surface area contributed by atoms with E-state index in [4.69, 9.17) is 0 Å². The monoisotopic (exact) mass is 282 g/mol. The van der Waals surface area contributed by atoms with Crippen LogP contribution in [0.25, 0.3) is 0 Å². The average Bonchev–Trinajstić information content (AvgIpc) is 2.41. The van der Waals surface area contributed by atoms with Crippen LogP contribution in [0.2, 0.25) is 0 Å². The first kappa shape index (κ1) is 15.1. The summed E-state index contributed by atoms with van der Waals surface area (Å²) in [6, 6.07) is -0.701. The van der Waals surface area contributed by atoms with E-state index >= 15 is 0 Å². The lowest BCUT2D eigenvalue weighted by molar-refractivity contribution is -0.143. The third kappa shape index (κ3) is 3.25. The Kier molecular flexibility index (Phi) is 4.55. The van der Waals surface area contributed by atoms with Crippen LogP contribution >= 0.6 is 0 Å². The molecule has 2 rings (SSSR count). The number of hydrogen-bond donors (Lipinski definition) is 2. The molecule has 114 valence electrons. The Labute approximate surface area is 120 Å². The summed E-state index contributed by atoms with van der Waals surface area (Å²) in [5.74, 6) is -0.886. The van der Waals surface area contributed by atoms with Crippen LogP contribution < -0.4 is 5.32 Å². The minimum Gasteiger partial charge on any atom is -0.480 e. The van der Waals surface area contributed by atoms with E-state index in [2.05, 4.69) is 19.2 Å². The normalized spacial score (nSPS) is 29.8. The van der Waals surface area contributed by atoms with Gasteiger partial charge in [-0.15, -0.1) is 0 Å². The van der Waals surface area contributed by atoms with Gasteiger partial charge in [-0.05, 0) is 37.5 Å². The number of carbonyl (C=O) groups excluding carboxylic acids is 1. The number of nitrogens with one attached hydrogen (secondary N) is 1. The minimum atomic E-state index is -0.886. The second kappa shape index (κ2) is 6.02. The number of urea groups is 1. The van der Waals surface area contributed by atoms with Gasteiger partial charge in [-0.2, -0.15) is 0 Å². The van der Waals surface area contributed by atoms with Gasteiger partial charge < -0.3 is 15.3 Å². The number of carboxylic acids is 1. The zero-order valence-corrected chi connectivity index (χ0v) is 12.5. The summed E-state index contributed by atoms with van der Waals surface area (Å²) in [5.41, 5.74) is 0.0996. The predicted molar refractivity (Wildman–Crippen MR) is 76.5 cm³/mol. The lowest BCUT2D eigenvalue weighted by Gasteiger charge is -2.41. The van der Waals surface area contributed by atoms with Crippen LogP contribution in [0.1, 0.15) is 58.8 Å². The van der Waals surface area contributed by atoms with Gasteiger partial charge in [0.05, 0.1) is 0 Å². The van der Waals surface area contributed by atoms with E-state index < -0.39 is 12.0 Å². The van der Waals surface area contributed by atoms with Crippen molar-refractivity contribution in [3.8, 4) is 0 Å². The molecule has 20 heavy (non-hydrogen) atoms. The van der Waals surface area contributed by atoms with Crippen LogP contribution in [0.3, 0.4) is 0 Å². The number of likely N-dealkylation sites (tertiary alicyclic amines) is 1. The molecule has 0 aromatic carbocycles. The van der Waals surface area contributed by atoms with Crippen molar-refractivity contribution in [3.63, 3.8) is 0 Å². The Morgan fingerprint density at radius 3 is 2.50 bits per heavy atom. The first-order chi connectivity index (χ1) is 9.42. The molecule has 1 aliphatic carbocycles. The van der Waals surface area contributed by atoms with Crippen molar-refractivity contribution in [2.45, 2.75) is 70.9 Å². The van der Waals surface area contributed by atoms with Crippen molar-refractivity contribution < 1.29 is 14.7 Å². The number of nitrogens with zero attached hydrogens (tertiary/aromatic N) is 1. The summed E-state index contributed by atoms with van der Waals surface area (Å²) in [7, 11) is 0. The maximum absolute atomic E-state index is 12.4. The molecule has 2 unspecified atom stereocenters. The highest BCUT2D eigenvalue weighted by atomic mass is 16.4. The van der Waals surface area contributed by atoms with Crippen molar-refractivity contribution in [1.82, 2.24) is 10.2 Å². The summed E-state index contributed by atoms with van der Waals surface area (Å²) in [5, 5.41) is 12.3. The zero-order chi connectivity index (χ0) is 14.8. The SMILES string of the molecule is CC1(C)CCCCC1NC(=O)N1CCCCC1C(=O)O. The topological polar surface area (TPSA) is 69.6 Å². The molecule has 5 nitrogen and oxygen atoms in total. The average molecular weight is 282 g/mol. The highest BCUT2D eigenvalue weighted by molar-refractivity contribution is 5.83. The van der Waals surface area contributed by atoms with E-state index in [9.17, 15) is 14.7 Å². The van der Waals surface area contributed by atoms with E-state index in [-0.39, 0.29) is 17.5 Å². The molecular weight excluding hydrogens is 256 g/mol. The molecule has 2 aliphatic rings. The minimum absolute atomic E-state index is 0.0996. The van der Waals surface area contributed by atoms with Crippen LogP contribution in [0.5, 0.6) is 0 Å². The lowest BCUT2D eigenvalue weighted by Crippen LogP contribution is -2.56. The van der Waals surface area contributed by atoms with E-state index in [1.165, 1.54) is 11.3 Å². The van der Waals surface area contributed by atoms with E-state index in [1.807, 2.05) is 0 Å². The Balaban J connectivity index is 2.01. The van der Waals surface area contributed by atoms with Crippen molar-refractivity contribution >= 4 is 12.0 Å². The molecule has 2 atom stereocenters. The number of amides is 2. The summed E-state index contributed by atoms with van der Waals surface area (Å²) >= 11 is 0. The van der Waals surface area contributed by atoms with Crippen LogP contribution in [0.4, 0.5) is 4.79 Å². The second-order valence-corrected chi connectivity index (χ2v) is 6.78. The van der Waals surface area contributed by atoms with Crippen LogP contribution in [-0.4, -0.2) is 40.6 Å². The van der Waals surface area contributed by atoms with E-state index in [0.29, 0.717) is 13.0 Å². The van der Waals surface area contributed by atoms with Crippen LogP contribution in [0, 0.1) is 5.41 Å². The summed E-state index contributed by atoms with van der Waals surface area (Å²) < 4.78 is 0. The molecular formula is C15H26N2O3. The Morgan fingerprint density at radius 1 is 1.15 bits per heavy atom. The third-order valence-electron chi connectivity index (χ3n) is 4.85. The molecule has 0 aromatic rings. The fourth-order valence-electron chi connectivity index (χ4n) is 3.42. The summed E-state index contributed by atoms with van der Waals surface area (Å²) in [6.07, 6.45) is 6.79. The maximum Gasteiger partial charge on any atom is 0.326 e. The smallest absolute Gasteiger partial charge is 0.326 e. The van der Waals surface area contributed by atoms with Crippen LogP contribution in [-0.2, 0) is 4.79 Å².